The Morgan fingerprint density at radius 3 is 2.77 bits per heavy atom. The van der Waals surface area contributed by atoms with E-state index in [4.69, 9.17) is 5.26 Å². The molecule has 0 heterocycles. The Balaban J connectivity index is 2.89. The summed E-state index contributed by atoms with van der Waals surface area (Å²) in [5.41, 5.74) is 0.868. The zero-order valence-electron chi connectivity index (χ0n) is 8.54. The molecule has 1 unspecified atom stereocenters. The van der Waals surface area contributed by atoms with Gasteiger partial charge in [0.05, 0.1) is 23.2 Å². The lowest BCUT2D eigenvalue weighted by Crippen LogP contribution is -2.20. The zero-order valence-corrected chi connectivity index (χ0v) is 8.54. The molecule has 0 aromatic rings. The van der Waals surface area contributed by atoms with Gasteiger partial charge < -0.3 is 0 Å². The van der Waals surface area contributed by atoms with E-state index in [0.29, 0.717) is 0 Å². The predicted molar refractivity (Wildman–Crippen MR) is 54.7 cm³/mol. The van der Waals surface area contributed by atoms with Crippen LogP contribution in [0.1, 0.15) is 33.6 Å². The normalized spacial score (nSPS) is 26.0. The Hall–Kier alpha value is -1.10. The van der Waals surface area contributed by atoms with Gasteiger partial charge in [0, 0.05) is 0 Å². The van der Waals surface area contributed by atoms with Crippen LogP contribution in [-0.4, -0.2) is 11.3 Å². The molecular weight excluding hydrogens is 160 g/mol. The minimum atomic E-state index is -0.0773. The van der Waals surface area contributed by atoms with Gasteiger partial charge in [-0.15, -0.1) is 0 Å². The molecule has 0 fully saturated rings. The number of hydrogen-bond donors (Lipinski definition) is 0. The van der Waals surface area contributed by atoms with Crippen LogP contribution >= 0.6 is 0 Å². The van der Waals surface area contributed by atoms with Gasteiger partial charge >= 0.3 is 0 Å². The van der Waals surface area contributed by atoms with Crippen molar-refractivity contribution in [3.8, 4) is 6.07 Å². The SMILES string of the molecule is CC(C)(C)N=C1C=CCCC1C#N. The molecule has 13 heavy (non-hydrogen) atoms. The van der Waals surface area contributed by atoms with Crippen molar-refractivity contribution in [2.45, 2.75) is 39.2 Å². The molecule has 1 aliphatic rings. The van der Waals surface area contributed by atoms with E-state index in [1.807, 2.05) is 6.08 Å². The third-order valence-corrected chi connectivity index (χ3v) is 1.89. The van der Waals surface area contributed by atoms with E-state index in [1.165, 1.54) is 0 Å². The first-order valence-electron chi connectivity index (χ1n) is 4.69. The van der Waals surface area contributed by atoms with Crippen LogP contribution in [0.25, 0.3) is 0 Å². The van der Waals surface area contributed by atoms with E-state index in [-0.39, 0.29) is 11.5 Å². The second-order valence-corrected chi connectivity index (χ2v) is 4.37. The third-order valence-electron chi connectivity index (χ3n) is 1.89. The van der Waals surface area contributed by atoms with Crippen LogP contribution < -0.4 is 0 Å². The van der Waals surface area contributed by atoms with Gasteiger partial charge in [-0.25, -0.2) is 0 Å². The first-order chi connectivity index (χ1) is 6.03. The average molecular weight is 176 g/mol. The van der Waals surface area contributed by atoms with Crippen LogP contribution in [0.5, 0.6) is 0 Å². The van der Waals surface area contributed by atoms with Crippen LogP contribution in [0, 0.1) is 17.2 Å². The summed E-state index contributed by atoms with van der Waals surface area (Å²) in [6, 6.07) is 2.29. The molecule has 1 rings (SSSR count). The fraction of sp³-hybridized carbons (Fsp3) is 0.636. The molecule has 0 N–H and O–H groups in total. The highest BCUT2D eigenvalue weighted by atomic mass is 14.8. The molecule has 0 aliphatic heterocycles. The molecule has 70 valence electrons. The molecule has 2 nitrogen and oxygen atoms in total. The lowest BCUT2D eigenvalue weighted by atomic mass is 9.93. The van der Waals surface area contributed by atoms with E-state index in [0.717, 1.165) is 18.6 Å². The van der Waals surface area contributed by atoms with Crippen molar-refractivity contribution in [1.29, 1.82) is 5.26 Å². The number of hydrogen-bond acceptors (Lipinski definition) is 2. The minimum absolute atomic E-state index is 0.00391. The molecule has 0 saturated carbocycles. The maximum atomic E-state index is 8.89. The van der Waals surface area contributed by atoms with Crippen LogP contribution in [0.2, 0.25) is 0 Å². The van der Waals surface area contributed by atoms with Crippen molar-refractivity contribution in [2.75, 3.05) is 0 Å². The van der Waals surface area contributed by atoms with Gasteiger partial charge in [-0.3, -0.25) is 4.99 Å². The van der Waals surface area contributed by atoms with Gasteiger partial charge in [0.2, 0.25) is 0 Å². The summed E-state index contributed by atoms with van der Waals surface area (Å²) in [4.78, 5) is 4.53. The molecule has 1 atom stereocenters. The van der Waals surface area contributed by atoms with Crippen molar-refractivity contribution >= 4 is 5.71 Å². The van der Waals surface area contributed by atoms with Gasteiger partial charge in [0.1, 0.15) is 0 Å². The Morgan fingerprint density at radius 2 is 2.23 bits per heavy atom. The second kappa shape index (κ2) is 3.74. The quantitative estimate of drug-likeness (QED) is 0.559. The Morgan fingerprint density at radius 1 is 1.54 bits per heavy atom. The highest BCUT2D eigenvalue weighted by molar-refractivity contribution is 5.99. The van der Waals surface area contributed by atoms with Gasteiger partial charge in [-0.1, -0.05) is 6.08 Å². The minimum Gasteiger partial charge on any atom is -0.283 e. The smallest absolute Gasteiger partial charge is 0.0883 e. The summed E-state index contributed by atoms with van der Waals surface area (Å²) in [6.07, 6.45) is 6.00. The average Bonchev–Trinajstić information content (AvgIpc) is 2.02. The Bertz CT molecular complexity index is 273. The van der Waals surface area contributed by atoms with Crippen LogP contribution in [-0.2, 0) is 0 Å². The van der Waals surface area contributed by atoms with E-state index < -0.39 is 0 Å². The van der Waals surface area contributed by atoms with Crippen molar-refractivity contribution in [3.63, 3.8) is 0 Å². The van der Waals surface area contributed by atoms with Gasteiger partial charge in [0.15, 0.2) is 0 Å². The van der Waals surface area contributed by atoms with Crippen LogP contribution in [0.15, 0.2) is 17.1 Å². The first kappa shape index (κ1) is 9.98. The molecule has 0 radical (unpaired) electrons. The first-order valence-corrected chi connectivity index (χ1v) is 4.69. The summed E-state index contributed by atoms with van der Waals surface area (Å²) >= 11 is 0. The van der Waals surface area contributed by atoms with Gasteiger partial charge in [-0.05, 0) is 39.7 Å². The monoisotopic (exact) mass is 176 g/mol. The molecular formula is C11H16N2. The molecule has 0 saturated heterocycles. The summed E-state index contributed by atoms with van der Waals surface area (Å²) in [7, 11) is 0. The lowest BCUT2D eigenvalue weighted by Gasteiger charge is -2.19. The number of allylic oxidation sites excluding steroid dienone is 2. The summed E-state index contributed by atoms with van der Waals surface area (Å²) in [6.45, 7) is 6.16. The number of nitriles is 1. The molecule has 0 bridgehead atoms. The van der Waals surface area contributed by atoms with Crippen molar-refractivity contribution in [1.82, 2.24) is 0 Å². The van der Waals surface area contributed by atoms with Crippen molar-refractivity contribution < 1.29 is 0 Å². The van der Waals surface area contributed by atoms with E-state index in [2.05, 4.69) is 37.9 Å². The van der Waals surface area contributed by atoms with E-state index in [9.17, 15) is 0 Å². The topological polar surface area (TPSA) is 36.1 Å². The van der Waals surface area contributed by atoms with E-state index >= 15 is 0 Å². The standard InChI is InChI=1S/C11H16N2/c1-11(2,3)13-10-7-5-4-6-9(10)8-12/h5,7,9H,4,6H2,1-3H3. The van der Waals surface area contributed by atoms with Crippen molar-refractivity contribution in [2.24, 2.45) is 10.9 Å². The predicted octanol–water partition coefficient (Wildman–Crippen LogP) is 2.72. The van der Waals surface area contributed by atoms with Crippen LogP contribution in [0.3, 0.4) is 0 Å². The molecule has 2 heteroatoms. The summed E-state index contributed by atoms with van der Waals surface area (Å²) < 4.78 is 0. The highest BCUT2D eigenvalue weighted by Crippen LogP contribution is 2.18. The second-order valence-electron chi connectivity index (χ2n) is 4.37. The van der Waals surface area contributed by atoms with Gasteiger partial charge in [0.25, 0.3) is 0 Å². The van der Waals surface area contributed by atoms with Crippen LogP contribution in [0.4, 0.5) is 0 Å². The zero-order chi connectivity index (χ0) is 9.90. The van der Waals surface area contributed by atoms with Crippen molar-refractivity contribution in [3.05, 3.63) is 12.2 Å². The number of rotatable bonds is 0. The number of nitrogens with zero attached hydrogens (tertiary/aromatic N) is 2. The maximum Gasteiger partial charge on any atom is 0.0883 e. The lowest BCUT2D eigenvalue weighted by molar-refractivity contribution is 0.576. The molecule has 0 amide bonds. The molecule has 1 aliphatic carbocycles. The maximum absolute atomic E-state index is 8.89. The fourth-order valence-electron chi connectivity index (χ4n) is 1.36. The van der Waals surface area contributed by atoms with Gasteiger partial charge in [-0.2, -0.15) is 5.26 Å². The van der Waals surface area contributed by atoms with E-state index in [1.54, 1.807) is 0 Å². The third kappa shape index (κ3) is 3.02. The Labute approximate surface area is 80.0 Å². The summed E-state index contributed by atoms with van der Waals surface area (Å²) in [5, 5.41) is 8.89. The highest BCUT2D eigenvalue weighted by Gasteiger charge is 2.18. The molecule has 0 spiro atoms. The number of aliphatic imine (C=N–C) groups is 1. The summed E-state index contributed by atoms with van der Waals surface area (Å²) in [5.74, 6) is 0.00391. The largest absolute Gasteiger partial charge is 0.283 e. The fourth-order valence-corrected chi connectivity index (χ4v) is 1.36. The molecule has 0 aromatic heterocycles. The Kier molecular flexibility index (Phi) is 2.87. The molecule has 0 aromatic carbocycles.